The van der Waals surface area contributed by atoms with Gasteiger partial charge in [-0.15, -0.1) is 0 Å². The van der Waals surface area contributed by atoms with Gasteiger partial charge in [0.05, 0.1) is 16.6 Å². The van der Waals surface area contributed by atoms with Gasteiger partial charge in [0.25, 0.3) is 0 Å². The Hall–Kier alpha value is -3.54. The van der Waals surface area contributed by atoms with Crippen molar-refractivity contribution in [2.24, 2.45) is 16.7 Å². The number of aromatic nitrogens is 2. The van der Waals surface area contributed by atoms with Crippen LogP contribution in [0.25, 0.3) is 16.6 Å². The Morgan fingerprint density at radius 3 is 2.62 bits per heavy atom. The summed E-state index contributed by atoms with van der Waals surface area (Å²) < 4.78 is 2.09. The molecule has 0 amide bonds. The molecule has 0 aliphatic rings. The average molecular weight is 316 g/mol. The van der Waals surface area contributed by atoms with E-state index in [-0.39, 0.29) is 5.84 Å². The molecule has 118 valence electrons. The third kappa shape index (κ3) is 2.30. The molecule has 6 heteroatoms. The highest BCUT2D eigenvalue weighted by atomic mass is 15.2. The Bertz CT molecular complexity index is 1050. The predicted octanol–water partition coefficient (Wildman–Crippen LogP) is 2.81. The maximum absolute atomic E-state index is 5.81. The lowest BCUT2D eigenvalue weighted by Gasteiger charge is -2.11. The largest absolute Gasteiger partial charge is 0.382 e. The summed E-state index contributed by atoms with van der Waals surface area (Å²) in [6, 6.07) is 19.7. The lowest BCUT2D eigenvalue weighted by molar-refractivity contribution is 1.21. The SMILES string of the molecule is N/N=C(\N)c1ccc2c(c1)nc(Nc1ccccc1)c1cccn12. The third-order valence-electron chi connectivity index (χ3n) is 3.93. The molecule has 0 aliphatic heterocycles. The zero-order chi connectivity index (χ0) is 16.5. The van der Waals surface area contributed by atoms with Crippen molar-refractivity contribution in [1.29, 1.82) is 0 Å². The molecule has 6 nitrogen and oxygen atoms in total. The van der Waals surface area contributed by atoms with Crippen molar-refractivity contribution in [3.8, 4) is 0 Å². The van der Waals surface area contributed by atoms with Crippen molar-refractivity contribution >= 4 is 33.9 Å². The average Bonchev–Trinajstić information content (AvgIpc) is 3.12. The predicted molar refractivity (Wildman–Crippen MR) is 97.3 cm³/mol. The molecule has 2 aromatic carbocycles. The minimum absolute atomic E-state index is 0.281. The number of fused-ring (bicyclic) bond motifs is 3. The standard InChI is InChI=1S/C18H16N6/c19-17(23-20)12-8-9-15-14(11-12)22-18(16-7-4-10-24(15)16)21-13-5-2-1-3-6-13/h1-11H,20H2,(H2,19,23)(H,21,22). The Kier molecular flexibility index (Phi) is 3.28. The molecule has 0 radical (unpaired) electrons. The van der Waals surface area contributed by atoms with Crippen LogP contribution in [0.5, 0.6) is 0 Å². The normalized spacial score (nSPS) is 11.9. The quantitative estimate of drug-likeness (QED) is 0.234. The molecule has 0 saturated carbocycles. The number of nitrogens with zero attached hydrogens (tertiary/aromatic N) is 3. The highest BCUT2D eigenvalue weighted by Gasteiger charge is 2.10. The van der Waals surface area contributed by atoms with Crippen LogP contribution in [0.1, 0.15) is 5.56 Å². The smallest absolute Gasteiger partial charge is 0.155 e. The Morgan fingerprint density at radius 2 is 1.83 bits per heavy atom. The van der Waals surface area contributed by atoms with Gasteiger partial charge >= 0.3 is 0 Å². The molecule has 0 unspecified atom stereocenters. The van der Waals surface area contributed by atoms with E-state index in [1.165, 1.54) is 0 Å². The van der Waals surface area contributed by atoms with Gasteiger partial charge < -0.3 is 21.3 Å². The van der Waals surface area contributed by atoms with E-state index in [4.69, 9.17) is 16.6 Å². The summed E-state index contributed by atoms with van der Waals surface area (Å²) in [6.07, 6.45) is 2.01. The van der Waals surface area contributed by atoms with Crippen molar-refractivity contribution in [3.05, 3.63) is 72.4 Å². The van der Waals surface area contributed by atoms with E-state index in [1.54, 1.807) is 0 Å². The van der Waals surface area contributed by atoms with Gasteiger partial charge in [0, 0.05) is 17.4 Å². The van der Waals surface area contributed by atoms with Crippen LogP contribution in [-0.2, 0) is 0 Å². The second-order valence-corrected chi connectivity index (χ2v) is 5.43. The van der Waals surface area contributed by atoms with Crippen molar-refractivity contribution in [1.82, 2.24) is 9.38 Å². The van der Waals surface area contributed by atoms with Gasteiger partial charge in [-0.1, -0.05) is 18.2 Å². The van der Waals surface area contributed by atoms with Crippen LogP contribution in [0.2, 0.25) is 0 Å². The molecule has 4 rings (SSSR count). The number of hydrogen-bond donors (Lipinski definition) is 3. The van der Waals surface area contributed by atoms with Gasteiger partial charge in [0.15, 0.2) is 5.82 Å². The molecule has 24 heavy (non-hydrogen) atoms. The van der Waals surface area contributed by atoms with E-state index >= 15 is 0 Å². The van der Waals surface area contributed by atoms with Crippen LogP contribution in [0, 0.1) is 0 Å². The van der Waals surface area contributed by atoms with Crippen LogP contribution < -0.4 is 16.9 Å². The van der Waals surface area contributed by atoms with Crippen LogP contribution >= 0.6 is 0 Å². The maximum Gasteiger partial charge on any atom is 0.155 e. The summed E-state index contributed by atoms with van der Waals surface area (Å²) in [7, 11) is 0. The van der Waals surface area contributed by atoms with Gasteiger partial charge in [-0.25, -0.2) is 4.98 Å². The van der Waals surface area contributed by atoms with Crippen molar-refractivity contribution in [3.63, 3.8) is 0 Å². The summed E-state index contributed by atoms with van der Waals surface area (Å²) in [5, 5.41) is 6.92. The number of amidine groups is 1. The molecule has 0 spiro atoms. The first-order valence-corrected chi connectivity index (χ1v) is 7.53. The first kappa shape index (κ1) is 14.1. The molecular weight excluding hydrogens is 300 g/mol. The maximum atomic E-state index is 5.81. The van der Waals surface area contributed by atoms with Crippen molar-refractivity contribution < 1.29 is 0 Å². The summed E-state index contributed by atoms with van der Waals surface area (Å²) >= 11 is 0. The molecule has 5 N–H and O–H groups in total. The van der Waals surface area contributed by atoms with Gasteiger partial charge in [-0.05, 0) is 42.5 Å². The summed E-state index contributed by atoms with van der Waals surface area (Å²) in [5.41, 5.74) is 10.3. The van der Waals surface area contributed by atoms with E-state index < -0.39 is 0 Å². The fraction of sp³-hybridized carbons (Fsp3) is 0. The van der Waals surface area contributed by atoms with Crippen LogP contribution in [0.3, 0.4) is 0 Å². The molecule has 0 saturated heterocycles. The summed E-state index contributed by atoms with van der Waals surface area (Å²) in [6.45, 7) is 0. The van der Waals surface area contributed by atoms with Crippen LogP contribution in [0.15, 0.2) is 72.0 Å². The highest BCUT2D eigenvalue weighted by Crippen LogP contribution is 2.25. The first-order valence-electron chi connectivity index (χ1n) is 7.53. The number of para-hydroxylation sites is 1. The number of rotatable bonds is 3. The van der Waals surface area contributed by atoms with E-state index in [0.717, 1.165) is 33.6 Å². The first-order chi connectivity index (χ1) is 11.8. The van der Waals surface area contributed by atoms with Gasteiger partial charge in [-0.2, -0.15) is 5.10 Å². The number of hydrazone groups is 1. The Labute approximate surface area is 138 Å². The molecule has 0 aliphatic carbocycles. The third-order valence-corrected chi connectivity index (χ3v) is 3.93. The van der Waals surface area contributed by atoms with Gasteiger partial charge in [-0.3, -0.25) is 0 Å². The zero-order valence-electron chi connectivity index (χ0n) is 12.8. The highest BCUT2D eigenvalue weighted by molar-refractivity contribution is 6.00. The van der Waals surface area contributed by atoms with E-state index in [2.05, 4.69) is 14.8 Å². The number of hydrogen-bond acceptors (Lipinski definition) is 4. The minimum Gasteiger partial charge on any atom is -0.382 e. The molecule has 0 atom stereocenters. The second-order valence-electron chi connectivity index (χ2n) is 5.43. The molecule has 2 heterocycles. The lowest BCUT2D eigenvalue weighted by atomic mass is 10.1. The van der Waals surface area contributed by atoms with E-state index in [9.17, 15) is 0 Å². The van der Waals surface area contributed by atoms with Gasteiger partial charge in [0.2, 0.25) is 0 Å². The summed E-state index contributed by atoms with van der Waals surface area (Å²) in [4.78, 5) is 4.76. The molecular formula is C18H16N6. The molecule has 0 bridgehead atoms. The summed E-state index contributed by atoms with van der Waals surface area (Å²) in [5.74, 6) is 6.34. The monoisotopic (exact) mass is 316 g/mol. The number of nitrogens with one attached hydrogen (secondary N) is 1. The van der Waals surface area contributed by atoms with Crippen molar-refractivity contribution in [2.75, 3.05) is 5.32 Å². The second kappa shape index (κ2) is 5.58. The topological polar surface area (TPSA) is 93.7 Å². The molecule has 0 fully saturated rings. The van der Waals surface area contributed by atoms with E-state index in [1.807, 2.05) is 66.9 Å². The number of nitrogens with two attached hydrogens (primary N) is 2. The fourth-order valence-corrected chi connectivity index (χ4v) is 2.76. The minimum atomic E-state index is 0.281. The zero-order valence-corrected chi connectivity index (χ0v) is 12.8. The Morgan fingerprint density at radius 1 is 1.00 bits per heavy atom. The lowest BCUT2D eigenvalue weighted by Crippen LogP contribution is -2.15. The van der Waals surface area contributed by atoms with E-state index in [0.29, 0.717) is 0 Å². The Balaban J connectivity index is 1.92. The van der Waals surface area contributed by atoms with Crippen molar-refractivity contribution in [2.45, 2.75) is 0 Å². The van der Waals surface area contributed by atoms with Gasteiger partial charge in [0.1, 0.15) is 5.84 Å². The number of benzene rings is 2. The van der Waals surface area contributed by atoms with Crippen LogP contribution in [-0.4, -0.2) is 15.2 Å². The molecule has 2 aromatic heterocycles. The fourth-order valence-electron chi connectivity index (χ4n) is 2.76. The van der Waals surface area contributed by atoms with Crippen LogP contribution in [0.4, 0.5) is 11.5 Å². The number of anilines is 2. The molecule has 4 aromatic rings.